The molecule has 88 valence electrons. The molecule has 0 radical (unpaired) electrons. The molecule has 0 atom stereocenters. The molecule has 1 aromatic rings. The number of nitrogens with two attached hydrogens (primary N) is 1. The lowest BCUT2D eigenvalue weighted by Gasteiger charge is -2.46. The molecule has 0 bridgehead atoms. The van der Waals surface area contributed by atoms with Crippen molar-refractivity contribution < 1.29 is 4.74 Å². The molecule has 0 amide bonds. The molecule has 1 heterocycles. The summed E-state index contributed by atoms with van der Waals surface area (Å²) in [4.78, 5) is 0. The first-order chi connectivity index (χ1) is 7.58. The van der Waals surface area contributed by atoms with Gasteiger partial charge in [0.15, 0.2) is 0 Å². The number of hydrogen-bond acceptors (Lipinski definition) is 2. The minimum atomic E-state index is 0.180. The second-order valence-electron chi connectivity index (χ2n) is 5.68. The van der Waals surface area contributed by atoms with Gasteiger partial charge in [-0.1, -0.05) is 44.2 Å². The Bertz CT molecular complexity index is 341. The summed E-state index contributed by atoms with van der Waals surface area (Å²) in [5, 5.41) is 0. The lowest BCUT2D eigenvalue weighted by molar-refractivity contribution is -0.0786. The quantitative estimate of drug-likeness (QED) is 0.843. The van der Waals surface area contributed by atoms with Gasteiger partial charge in [0.25, 0.3) is 0 Å². The lowest BCUT2D eigenvalue weighted by atomic mass is 9.68. The van der Waals surface area contributed by atoms with E-state index in [1.165, 1.54) is 5.56 Å². The van der Waals surface area contributed by atoms with Crippen LogP contribution in [-0.2, 0) is 10.2 Å². The highest BCUT2D eigenvalue weighted by Crippen LogP contribution is 2.41. The number of benzene rings is 1. The maximum absolute atomic E-state index is 5.83. The van der Waals surface area contributed by atoms with E-state index in [0.717, 1.165) is 26.2 Å². The van der Waals surface area contributed by atoms with Crippen LogP contribution in [0.15, 0.2) is 30.3 Å². The summed E-state index contributed by atoms with van der Waals surface area (Å²) in [5.41, 5.74) is 7.60. The van der Waals surface area contributed by atoms with E-state index in [-0.39, 0.29) is 10.8 Å². The third-order valence-corrected chi connectivity index (χ3v) is 3.51. The van der Waals surface area contributed by atoms with E-state index in [4.69, 9.17) is 10.5 Å². The largest absolute Gasteiger partial charge is 0.379 e. The zero-order valence-electron chi connectivity index (χ0n) is 10.2. The van der Waals surface area contributed by atoms with Crippen molar-refractivity contribution in [2.45, 2.75) is 25.7 Å². The van der Waals surface area contributed by atoms with Crippen LogP contribution in [0.2, 0.25) is 0 Å². The van der Waals surface area contributed by atoms with Crippen molar-refractivity contribution in [3.63, 3.8) is 0 Å². The van der Waals surface area contributed by atoms with Gasteiger partial charge in [-0.25, -0.2) is 0 Å². The summed E-state index contributed by atoms with van der Waals surface area (Å²) in [6, 6.07) is 10.7. The molecule has 2 nitrogen and oxygen atoms in total. The lowest BCUT2D eigenvalue weighted by Crippen LogP contribution is -2.50. The average Bonchev–Trinajstić information content (AvgIpc) is 2.25. The fourth-order valence-electron chi connectivity index (χ4n) is 2.50. The van der Waals surface area contributed by atoms with Gasteiger partial charge in [0.05, 0.1) is 13.2 Å². The maximum Gasteiger partial charge on any atom is 0.0585 e. The van der Waals surface area contributed by atoms with Gasteiger partial charge in [0.1, 0.15) is 0 Å². The molecule has 1 fully saturated rings. The summed E-state index contributed by atoms with van der Waals surface area (Å²) in [6.45, 7) is 6.86. The first-order valence-corrected chi connectivity index (χ1v) is 5.91. The van der Waals surface area contributed by atoms with E-state index in [9.17, 15) is 0 Å². The van der Waals surface area contributed by atoms with Crippen LogP contribution in [0.5, 0.6) is 0 Å². The van der Waals surface area contributed by atoms with E-state index in [2.05, 4.69) is 44.2 Å². The summed E-state index contributed by atoms with van der Waals surface area (Å²) in [6.07, 6.45) is 1.10. The molecule has 1 aliphatic rings. The van der Waals surface area contributed by atoms with Gasteiger partial charge in [-0.2, -0.15) is 0 Å². The Morgan fingerprint density at radius 2 is 1.88 bits per heavy atom. The zero-order chi connectivity index (χ0) is 11.6. The molecule has 0 unspecified atom stereocenters. The maximum atomic E-state index is 5.83. The van der Waals surface area contributed by atoms with Gasteiger partial charge in [0.2, 0.25) is 0 Å². The van der Waals surface area contributed by atoms with Crippen LogP contribution in [0, 0.1) is 5.41 Å². The van der Waals surface area contributed by atoms with Crippen LogP contribution in [0.25, 0.3) is 0 Å². The number of rotatable bonds is 4. The second-order valence-corrected chi connectivity index (χ2v) is 5.68. The van der Waals surface area contributed by atoms with Crippen LogP contribution in [0.1, 0.15) is 25.8 Å². The normalized spacial score (nSPS) is 19.2. The number of ether oxygens (including phenoxy) is 1. The predicted molar refractivity (Wildman–Crippen MR) is 66.4 cm³/mol. The fourth-order valence-corrected chi connectivity index (χ4v) is 2.50. The van der Waals surface area contributed by atoms with Gasteiger partial charge in [0, 0.05) is 5.41 Å². The van der Waals surface area contributed by atoms with Crippen LogP contribution in [0.4, 0.5) is 0 Å². The Hall–Kier alpha value is -0.860. The Morgan fingerprint density at radius 1 is 1.25 bits per heavy atom. The first-order valence-electron chi connectivity index (χ1n) is 5.91. The van der Waals surface area contributed by atoms with E-state index in [0.29, 0.717) is 0 Å². The van der Waals surface area contributed by atoms with Crippen molar-refractivity contribution in [3.05, 3.63) is 35.9 Å². The van der Waals surface area contributed by atoms with Crippen LogP contribution in [-0.4, -0.2) is 19.8 Å². The highest BCUT2D eigenvalue weighted by Gasteiger charge is 2.43. The highest BCUT2D eigenvalue weighted by atomic mass is 16.5. The molecule has 1 saturated heterocycles. The van der Waals surface area contributed by atoms with Gasteiger partial charge >= 0.3 is 0 Å². The molecular weight excluding hydrogens is 198 g/mol. The average molecular weight is 219 g/mol. The summed E-state index contributed by atoms with van der Waals surface area (Å²) >= 11 is 0. The summed E-state index contributed by atoms with van der Waals surface area (Å²) < 4.78 is 5.44. The van der Waals surface area contributed by atoms with Crippen molar-refractivity contribution in [2.75, 3.05) is 19.8 Å². The monoisotopic (exact) mass is 219 g/mol. The van der Waals surface area contributed by atoms with Crippen molar-refractivity contribution >= 4 is 0 Å². The molecule has 1 aromatic carbocycles. The highest BCUT2D eigenvalue weighted by molar-refractivity contribution is 5.28. The topological polar surface area (TPSA) is 35.2 Å². The summed E-state index contributed by atoms with van der Waals surface area (Å²) in [7, 11) is 0. The van der Waals surface area contributed by atoms with Crippen LogP contribution in [0.3, 0.4) is 0 Å². The van der Waals surface area contributed by atoms with E-state index in [1.54, 1.807) is 0 Å². The minimum absolute atomic E-state index is 0.180. The van der Waals surface area contributed by atoms with Crippen molar-refractivity contribution in [2.24, 2.45) is 11.1 Å². The standard InChI is InChI=1S/C14H21NO/c1-13(2,9-15)8-14(10-16-11-14)12-6-4-3-5-7-12/h3-7H,8-11,15H2,1-2H3. The Balaban J connectivity index is 2.21. The van der Waals surface area contributed by atoms with Crippen molar-refractivity contribution in [3.8, 4) is 0 Å². The van der Waals surface area contributed by atoms with E-state index >= 15 is 0 Å². The third kappa shape index (κ3) is 2.13. The van der Waals surface area contributed by atoms with Crippen molar-refractivity contribution in [1.82, 2.24) is 0 Å². The molecule has 2 heteroatoms. The van der Waals surface area contributed by atoms with Crippen molar-refractivity contribution in [1.29, 1.82) is 0 Å². The SMILES string of the molecule is CC(C)(CN)CC1(c2ccccc2)COC1. The molecule has 1 aliphatic heterocycles. The zero-order valence-corrected chi connectivity index (χ0v) is 10.2. The Labute approximate surface area is 97.8 Å². The third-order valence-electron chi connectivity index (χ3n) is 3.51. The molecule has 0 saturated carbocycles. The molecular formula is C14H21NO. The first kappa shape index (κ1) is 11.6. The molecule has 0 aromatic heterocycles. The Kier molecular flexibility index (Phi) is 3.04. The summed E-state index contributed by atoms with van der Waals surface area (Å²) in [5.74, 6) is 0. The minimum Gasteiger partial charge on any atom is -0.379 e. The smallest absolute Gasteiger partial charge is 0.0585 e. The van der Waals surface area contributed by atoms with Gasteiger partial charge in [-0.3, -0.25) is 0 Å². The molecule has 16 heavy (non-hydrogen) atoms. The van der Waals surface area contributed by atoms with Crippen LogP contribution >= 0.6 is 0 Å². The second kappa shape index (κ2) is 4.19. The molecule has 0 spiro atoms. The predicted octanol–water partition coefficient (Wildman–Crippen LogP) is 2.33. The van der Waals surface area contributed by atoms with E-state index in [1.807, 2.05) is 0 Å². The van der Waals surface area contributed by atoms with Crippen LogP contribution < -0.4 is 5.73 Å². The van der Waals surface area contributed by atoms with Gasteiger partial charge in [-0.05, 0) is 23.9 Å². The molecule has 0 aliphatic carbocycles. The van der Waals surface area contributed by atoms with Gasteiger partial charge < -0.3 is 10.5 Å². The molecule has 2 N–H and O–H groups in total. The molecule has 2 rings (SSSR count). The van der Waals surface area contributed by atoms with E-state index < -0.39 is 0 Å². The number of hydrogen-bond donors (Lipinski definition) is 1. The fraction of sp³-hybridized carbons (Fsp3) is 0.571. The van der Waals surface area contributed by atoms with Gasteiger partial charge in [-0.15, -0.1) is 0 Å². The Morgan fingerprint density at radius 3 is 2.31 bits per heavy atom.